The Labute approximate surface area is 202 Å². The van der Waals surface area contributed by atoms with Crippen LogP contribution in [0.25, 0.3) is 45.7 Å². The second-order valence-electron chi connectivity index (χ2n) is 8.54. The first-order chi connectivity index (χ1) is 16.8. The van der Waals surface area contributed by atoms with Gasteiger partial charge in [0.15, 0.2) is 0 Å². The highest BCUT2D eigenvalue weighted by Crippen LogP contribution is 2.43. The molecule has 0 aliphatic heterocycles. The molecule has 0 saturated heterocycles. The second-order valence-corrected chi connectivity index (χ2v) is 8.54. The molecule has 0 N–H and O–H groups in total. The summed E-state index contributed by atoms with van der Waals surface area (Å²) in [6, 6.07) is 36.3. The summed E-state index contributed by atoms with van der Waals surface area (Å²) in [5, 5.41) is 2.49. The van der Waals surface area contributed by atoms with Crippen LogP contribution in [0.2, 0.25) is 0 Å². The van der Waals surface area contributed by atoms with Crippen LogP contribution < -0.4 is 0 Å². The lowest BCUT2D eigenvalue weighted by atomic mass is 9.80. The molecule has 0 radical (unpaired) electrons. The van der Waals surface area contributed by atoms with E-state index in [4.69, 9.17) is 0 Å². The van der Waals surface area contributed by atoms with Crippen molar-refractivity contribution < 1.29 is 0 Å². The maximum atomic E-state index is 4.25. The van der Waals surface area contributed by atoms with Gasteiger partial charge in [0, 0.05) is 0 Å². The van der Waals surface area contributed by atoms with Crippen molar-refractivity contribution in [3.8, 4) is 11.1 Å². The minimum atomic E-state index is 1.01. The third-order valence-electron chi connectivity index (χ3n) is 6.58. The van der Waals surface area contributed by atoms with Crippen LogP contribution in [0.5, 0.6) is 0 Å². The topological polar surface area (TPSA) is 0 Å². The van der Waals surface area contributed by atoms with Gasteiger partial charge in [-0.3, -0.25) is 0 Å². The molecular weight excluding hydrogens is 408 g/mol. The van der Waals surface area contributed by atoms with Gasteiger partial charge in [-0.25, -0.2) is 0 Å². The third-order valence-corrected chi connectivity index (χ3v) is 6.58. The van der Waals surface area contributed by atoms with Gasteiger partial charge in [0.05, 0.1) is 0 Å². The molecule has 0 aromatic heterocycles. The SMILES string of the molecule is C=Cc1c(C=C)c(-c2ccccccccc2)c2ccccc2c1C1=Cc2ccccc2CC1. The molecule has 0 unspecified atom stereocenters. The first kappa shape index (κ1) is 21.7. The summed E-state index contributed by atoms with van der Waals surface area (Å²) in [5.74, 6) is 0. The predicted molar refractivity (Wildman–Crippen MR) is 150 cm³/mol. The molecule has 0 amide bonds. The van der Waals surface area contributed by atoms with Crippen LogP contribution in [-0.4, -0.2) is 0 Å². The van der Waals surface area contributed by atoms with Gasteiger partial charge in [-0.15, -0.1) is 0 Å². The van der Waals surface area contributed by atoms with Gasteiger partial charge < -0.3 is 0 Å². The number of rotatable bonds is 4. The number of allylic oxidation sites excluding steroid dienone is 1. The molecule has 0 nitrogen and oxygen atoms in total. The summed E-state index contributed by atoms with van der Waals surface area (Å²) in [5.41, 5.74) is 10.0. The van der Waals surface area contributed by atoms with Gasteiger partial charge in [0.2, 0.25) is 0 Å². The summed E-state index contributed by atoms with van der Waals surface area (Å²) in [7, 11) is 0. The average Bonchev–Trinajstić information content (AvgIpc) is 2.90. The Bertz CT molecular complexity index is 1460. The van der Waals surface area contributed by atoms with Crippen LogP contribution in [0.15, 0.2) is 116 Å². The molecule has 164 valence electrons. The van der Waals surface area contributed by atoms with Crippen LogP contribution in [0.3, 0.4) is 0 Å². The molecule has 0 heterocycles. The molecule has 1 aliphatic rings. The standard InChI is InChI=1S/C34H28/c1-3-29-30(4-2)34(28-23-22-25-16-12-13-19-27(25)24-28)32-21-15-14-20-31(32)33(29)26-17-10-8-6-5-7-9-11-18-26/h3-21,24H,1-2,22-23H2. The van der Waals surface area contributed by atoms with Gasteiger partial charge in [-0.2, -0.15) is 0 Å². The summed E-state index contributed by atoms with van der Waals surface area (Å²) in [4.78, 5) is 0. The van der Waals surface area contributed by atoms with Crippen LogP contribution in [0.1, 0.15) is 34.2 Å². The van der Waals surface area contributed by atoms with Crippen molar-refractivity contribution in [3.05, 3.63) is 144 Å². The lowest BCUT2D eigenvalue weighted by molar-refractivity contribution is 1.00. The van der Waals surface area contributed by atoms with E-state index in [-0.39, 0.29) is 0 Å². The Morgan fingerprint density at radius 2 is 1.06 bits per heavy atom. The van der Waals surface area contributed by atoms with E-state index in [1.54, 1.807) is 0 Å². The molecule has 5 rings (SSSR count). The van der Waals surface area contributed by atoms with E-state index in [9.17, 15) is 0 Å². The van der Waals surface area contributed by atoms with Gasteiger partial charge in [-0.05, 0) is 68.1 Å². The Morgan fingerprint density at radius 1 is 0.529 bits per heavy atom. The normalized spacial score (nSPS) is 12.3. The zero-order valence-corrected chi connectivity index (χ0v) is 19.4. The maximum absolute atomic E-state index is 4.25. The van der Waals surface area contributed by atoms with Gasteiger partial charge in [0.25, 0.3) is 0 Å². The molecule has 4 aromatic rings. The van der Waals surface area contributed by atoms with Crippen LogP contribution in [-0.2, 0) is 6.42 Å². The predicted octanol–water partition coefficient (Wildman–Crippen LogP) is 9.40. The van der Waals surface area contributed by atoms with E-state index in [1.807, 2.05) is 30.4 Å². The number of fused-ring (bicyclic) bond motifs is 2. The molecule has 0 bridgehead atoms. The summed E-state index contributed by atoms with van der Waals surface area (Å²) < 4.78 is 0. The average molecular weight is 437 g/mol. The van der Waals surface area contributed by atoms with E-state index in [0.29, 0.717) is 0 Å². The summed E-state index contributed by atoms with van der Waals surface area (Å²) in [6.07, 6.45) is 8.43. The summed E-state index contributed by atoms with van der Waals surface area (Å²) >= 11 is 0. The van der Waals surface area contributed by atoms with Crippen molar-refractivity contribution in [1.29, 1.82) is 0 Å². The minimum absolute atomic E-state index is 1.01. The zero-order valence-electron chi connectivity index (χ0n) is 19.4. The number of benzene rings is 3. The second kappa shape index (κ2) is 9.77. The fourth-order valence-electron chi connectivity index (χ4n) is 5.05. The Kier molecular flexibility index (Phi) is 6.23. The molecular formula is C34H28. The van der Waals surface area contributed by atoms with E-state index >= 15 is 0 Å². The Balaban J connectivity index is 1.87. The van der Waals surface area contributed by atoms with E-state index in [1.165, 1.54) is 38.6 Å². The highest BCUT2D eigenvalue weighted by atomic mass is 14.2. The van der Waals surface area contributed by atoms with E-state index in [0.717, 1.165) is 29.5 Å². The lowest BCUT2D eigenvalue weighted by Gasteiger charge is -2.24. The maximum Gasteiger partial charge on any atom is -0.00266 e. The van der Waals surface area contributed by atoms with Crippen molar-refractivity contribution in [2.75, 3.05) is 0 Å². The molecule has 1 aliphatic carbocycles. The number of hydrogen-bond acceptors (Lipinski definition) is 0. The van der Waals surface area contributed by atoms with Crippen molar-refractivity contribution in [1.82, 2.24) is 0 Å². The van der Waals surface area contributed by atoms with Crippen LogP contribution in [0, 0.1) is 0 Å². The molecule has 0 heteroatoms. The van der Waals surface area contributed by atoms with Crippen LogP contribution >= 0.6 is 0 Å². The Hall–Kier alpha value is -4.16. The smallest absolute Gasteiger partial charge is 0.00266 e. The number of aryl methyl sites for hydroxylation is 1. The zero-order chi connectivity index (χ0) is 23.3. The molecule has 34 heavy (non-hydrogen) atoms. The van der Waals surface area contributed by atoms with Gasteiger partial charge in [-0.1, -0.05) is 135 Å². The summed E-state index contributed by atoms with van der Waals surface area (Å²) in [6.45, 7) is 8.48. The monoisotopic (exact) mass is 436 g/mol. The Morgan fingerprint density at radius 3 is 1.74 bits per heavy atom. The third kappa shape index (κ3) is 4.00. The van der Waals surface area contributed by atoms with Crippen molar-refractivity contribution in [2.24, 2.45) is 0 Å². The molecule has 0 fully saturated rings. The highest BCUT2D eigenvalue weighted by Gasteiger charge is 2.21. The largest absolute Gasteiger partial charge is 0.0984 e. The van der Waals surface area contributed by atoms with Crippen molar-refractivity contribution in [2.45, 2.75) is 12.8 Å². The molecule has 0 atom stereocenters. The number of hydrogen-bond donors (Lipinski definition) is 0. The fraction of sp³-hybridized carbons (Fsp3) is 0.0588. The van der Waals surface area contributed by atoms with Gasteiger partial charge >= 0.3 is 0 Å². The van der Waals surface area contributed by atoms with Crippen molar-refractivity contribution in [3.63, 3.8) is 0 Å². The van der Waals surface area contributed by atoms with Crippen LogP contribution in [0.4, 0.5) is 0 Å². The molecule has 0 spiro atoms. The van der Waals surface area contributed by atoms with Gasteiger partial charge in [0.1, 0.15) is 0 Å². The minimum Gasteiger partial charge on any atom is -0.0984 e. The fourth-order valence-corrected chi connectivity index (χ4v) is 5.05. The van der Waals surface area contributed by atoms with E-state index in [2.05, 4.69) is 104 Å². The first-order valence-corrected chi connectivity index (χ1v) is 11.8. The molecule has 0 saturated carbocycles. The van der Waals surface area contributed by atoms with E-state index < -0.39 is 0 Å². The lowest BCUT2D eigenvalue weighted by Crippen LogP contribution is -2.03. The first-order valence-electron chi connectivity index (χ1n) is 11.8. The quantitative estimate of drug-likeness (QED) is 0.299. The molecule has 4 aromatic carbocycles. The highest BCUT2D eigenvalue weighted by molar-refractivity contribution is 6.10. The van der Waals surface area contributed by atoms with Crippen molar-refractivity contribution >= 4 is 34.6 Å².